The average Bonchev–Trinajstić information content (AvgIpc) is 3.16. The molecule has 2 saturated heterocycles. The van der Waals surface area contributed by atoms with Crippen LogP contribution in [0.2, 0.25) is 0 Å². The molecule has 0 aliphatic carbocycles. The second kappa shape index (κ2) is 5.54. The van der Waals surface area contributed by atoms with Gasteiger partial charge in [-0.1, -0.05) is 42.5 Å². The van der Waals surface area contributed by atoms with Gasteiger partial charge in [-0.05, 0) is 29.3 Å². The summed E-state index contributed by atoms with van der Waals surface area (Å²) in [7, 11) is 0. The Balaban J connectivity index is 1.67. The molecule has 0 unspecified atom stereocenters. The number of imide groups is 1. The van der Waals surface area contributed by atoms with Crippen molar-refractivity contribution in [2.24, 2.45) is 17.6 Å². The maximum atomic E-state index is 13.3. The number of nitrogens with two attached hydrogens (primary N) is 1. The van der Waals surface area contributed by atoms with E-state index in [1.807, 2.05) is 36.4 Å². The molecule has 0 radical (unpaired) electrons. The molecule has 0 aromatic heterocycles. The van der Waals surface area contributed by atoms with E-state index in [-0.39, 0.29) is 17.9 Å². The maximum Gasteiger partial charge on any atom is 0.240 e. The second-order valence-corrected chi connectivity index (χ2v) is 7.08. The lowest BCUT2D eigenvalue weighted by Crippen LogP contribution is -2.46. The fraction of sp³-hybridized carbons (Fsp3) is 0.190. The van der Waals surface area contributed by atoms with Crippen LogP contribution in [0.1, 0.15) is 17.2 Å². The van der Waals surface area contributed by atoms with Crippen LogP contribution in [0, 0.1) is 11.8 Å². The smallest absolute Gasteiger partial charge is 0.240 e. The Morgan fingerprint density at radius 3 is 2.30 bits per heavy atom. The van der Waals surface area contributed by atoms with E-state index in [1.54, 1.807) is 35.4 Å². The van der Waals surface area contributed by atoms with Gasteiger partial charge in [-0.15, -0.1) is 0 Å². The number of fused-ring (bicyclic) bond motifs is 5. The Bertz CT molecular complexity index is 1000. The SMILES string of the molecule is NC(=O)[C@@H]1[C@@H]2C(=O)N(c3ccccc3)C(=O)[C@@H]2[C@H]2c3ccccc3C=CN12. The summed E-state index contributed by atoms with van der Waals surface area (Å²) in [6, 6.07) is 15.4. The van der Waals surface area contributed by atoms with Crippen LogP contribution in [-0.2, 0) is 14.4 Å². The second-order valence-electron chi connectivity index (χ2n) is 7.08. The monoisotopic (exact) mass is 359 g/mol. The van der Waals surface area contributed by atoms with E-state index in [0.717, 1.165) is 11.1 Å². The first kappa shape index (κ1) is 15.8. The van der Waals surface area contributed by atoms with Gasteiger partial charge >= 0.3 is 0 Å². The van der Waals surface area contributed by atoms with Crippen molar-refractivity contribution in [3.63, 3.8) is 0 Å². The fourth-order valence-corrected chi connectivity index (χ4v) is 4.71. The van der Waals surface area contributed by atoms with E-state index < -0.39 is 23.8 Å². The van der Waals surface area contributed by atoms with E-state index in [9.17, 15) is 14.4 Å². The van der Waals surface area contributed by atoms with Crippen molar-refractivity contribution in [2.45, 2.75) is 12.1 Å². The summed E-state index contributed by atoms with van der Waals surface area (Å²) < 4.78 is 0. The Morgan fingerprint density at radius 2 is 1.56 bits per heavy atom. The maximum absolute atomic E-state index is 13.3. The molecule has 0 bridgehead atoms. The predicted octanol–water partition coefficient (Wildman–Crippen LogP) is 1.69. The number of hydrogen-bond donors (Lipinski definition) is 1. The highest BCUT2D eigenvalue weighted by atomic mass is 16.2. The van der Waals surface area contributed by atoms with Crippen molar-refractivity contribution in [3.05, 3.63) is 71.9 Å². The number of carbonyl (C=O) groups is 3. The summed E-state index contributed by atoms with van der Waals surface area (Å²) in [6.07, 6.45) is 3.68. The highest BCUT2D eigenvalue weighted by Crippen LogP contribution is 2.52. The number of amides is 3. The van der Waals surface area contributed by atoms with Crippen LogP contribution in [0.15, 0.2) is 60.8 Å². The minimum Gasteiger partial charge on any atom is -0.368 e. The van der Waals surface area contributed by atoms with Crippen molar-refractivity contribution in [1.82, 2.24) is 4.90 Å². The Hall–Kier alpha value is -3.41. The van der Waals surface area contributed by atoms with E-state index in [0.29, 0.717) is 5.69 Å². The topological polar surface area (TPSA) is 83.7 Å². The third-order valence-electron chi connectivity index (χ3n) is 5.77. The molecule has 3 aliphatic rings. The molecule has 2 fully saturated rings. The van der Waals surface area contributed by atoms with Crippen molar-refractivity contribution >= 4 is 29.5 Å². The molecule has 0 saturated carbocycles. The van der Waals surface area contributed by atoms with Crippen molar-refractivity contribution in [3.8, 4) is 0 Å². The number of anilines is 1. The van der Waals surface area contributed by atoms with Crippen LogP contribution in [-0.4, -0.2) is 28.7 Å². The van der Waals surface area contributed by atoms with Crippen LogP contribution in [0.25, 0.3) is 6.08 Å². The van der Waals surface area contributed by atoms with Crippen LogP contribution in [0.3, 0.4) is 0 Å². The molecule has 4 atom stereocenters. The van der Waals surface area contributed by atoms with Crippen LogP contribution in [0.5, 0.6) is 0 Å². The minimum absolute atomic E-state index is 0.278. The number of carbonyl (C=O) groups excluding carboxylic acids is 3. The van der Waals surface area contributed by atoms with Gasteiger partial charge in [-0.2, -0.15) is 0 Å². The molecule has 6 heteroatoms. The molecule has 3 amide bonds. The van der Waals surface area contributed by atoms with E-state index in [2.05, 4.69) is 0 Å². The third kappa shape index (κ3) is 2.04. The summed E-state index contributed by atoms with van der Waals surface area (Å²) in [5.74, 6) is -2.65. The highest BCUT2D eigenvalue weighted by Gasteiger charge is 2.64. The summed E-state index contributed by atoms with van der Waals surface area (Å²) in [5.41, 5.74) is 8.13. The van der Waals surface area contributed by atoms with E-state index in [4.69, 9.17) is 5.73 Å². The fourth-order valence-electron chi connectivity index (χ4n) is 4.71. The first-order valence-electron chi connectivity index (χ1n) is 8.86. The predicted molar refractivity (Wildman–Crippen MR) is 99.0 cm³/mol. The summed E-state index contributed by atoms with van der Waals surface area (Å²) in [4.78, 5) is 41.8. The van der Waals surface area contributed by atoms with E-state index >= 15 is 0 Å². The zero-order valence-electron chi connectivity index (χ0n) is 14.4. The molecule has 0 spiro atoms. The molecule has 6 nitrogen and oxygen atoms in total. The van der Waals surface area contributed by atoms with Gasteiger partial charge in [0.2, 0.25) is 17.7 Å². The zero-order valence-corrected chi connectivity index (χ0v) is 14.4. The number of rotatable bonds is 2. The summed E-state index contributed by atoms with van der Waals surface area (Å²) in [5, 5.41) is 0. The quantitative estimate of drug-likeness (QED) is 0.827. The molecule has 27 heavy (non-hydrogen) atoms. The average molecular weight is 359 g/mol. The lowest BCUT2D eigenvalue weighted by atomic mass is 9.84. The van der Waals surface area contributed by atoms with Crippen LogP contribution < -0.4 is 10.6 Å². The molecule has 3 aliphatic heterocycles. The number of hydrogen-bond acceptors (Lipinski definition) is 4. The van der Waals surface area contributed by atoms with Crippen LogP contribution in [0.4, 0.5) is 5.69 Å². The van der Waals surface area contributed by atoms with Gasteiger partial charge in [0, 0.05) is 6.20 Å². The molecule has 134 valence electrons. The van der Waals surface area contributed by atoms with E-state index in [1.165, 1.54) is 4.90 Å². The molecular formula is C21H17N3O3. The van der Waals surface area contributed by atoms with Gasteiger partial charge in [0.25, 0.3) is 0 Å². The van der Waals surface area contributed by atoms with Gasteiger partial charge in [0.05, 0.1) is 23.6 Å². The molecular weight excluding hydrogens is 342 g/mol. The summed E-state index contributed by atoms with van der Waals surface area (Å²) in [6.45, 7) is 0. The molecule has 2 aromatic carbocycles. The van der Waals surface area contributed by atoms with Gasteiger partial charge in [0.1, 0.15) is 6.04 Å². The van der Waals surface area contributed by atoms with Gasteiger partial charge in [0.15, 0.2) is 0 Å². The third-order valence-corrected chi connectivity index (χ3v) is 5.77. The van der Waals surface area contributed by atoms with Gasteiger partial charge in [-0.3, -0.25) is 14.4 Å². The number of nitrogens with zero attached hydrogens (tertiary/aromatic N) is 2. The Morgan fingerprint density at radius 1 is 0.889 bits per heavy atom. The largest absolute Gasteiger partial charge is 0.368 e. The first-order valence-corrected chi connectivity index (χ1v) is 8.86. The number of para-hydroxylation sites is 1. The first-order chi connectivity index (χ1) is 13.1. The van der Waals surface area contributed by atoms with Crippen molar-refractivity contribution in [2.75, 3.05) is 4.90 Å². The van der Waals surface area contributed by atoms with Crippen molar-refractivity contribution < 1.29 is 14.4 Å². The van der Waals surface area contributed by atoms with Crippen molar-refractivity contribution in [1.29, 1.82) is 0 Å². The number of benzene rings is 2. The Labute approximate surface area is 155 Å². The van der Waals surface area contributed by atoms with Gasteiger partial charge in [-0.25, -0.2) is 4.90 Å². The Kier molecular flexibility index (Phi) is 3.25. The van der Waals surface area contributed by atoms with Crippen LogP contribution >= 0.6 is 0 Å². The lowest BCUT2D eigenvalue weighted by Gasteiger charge is -2.34. The van der Waals surface area contributed by atoms with Gasteiger partial charge < -0.3 is 10.6 Å². The normalized spacial score (nSPS) is 28.1. The minimum atomic E-state index is -0.838. The molecule has 2 aromatic rings. The molecule has 2 N–H and O–H groups in total. The summed E-state index contributed by atoms with van der Waals surface area (Å²) >= 11 is 0. The number of primary amides is 1. The molecule has 3 heterocycles. The lowest BCUT2D eigenvalue weighted by molar-refractivity contribution is -0.129. The molecule has 5 rings (SSSR count). The standard InChI is InChI=1S/C21H17N3O3/c22-19(25)18-16-15(17-14-9-5-4-6-12(14)10-11-23(17)18)20(26)24(21(16)27)13-7-2-1-3-8-13/h1-11,15-18H,(H2,22,25)/t15-,16+,17+,18-/m0/s1. The highest BCUT2D eigenvalue weighted by molar-refractivity contribution is 6.24. The zero-order chi connectivity index (χ0) is 18.7.